The van der Waals surface area contributed by atoms with Crippen LogP contribution in [0.15, 0.2) is 40.1 Å². The summed E-state index contributed by atoms with van der Waals surface area (Å²) in [6.45, 7) is 4.68. The maximum Gasteiger partial charge on any atom is 0.257 e. The molecule has 1 amide bonds. The zero-order valence-electron chi connectivity index (χ0n) is 14.4. The van der Waals surface area contributed by atoms with E-state index in [0.717, 1.165) is 21.7 Å². The maximum atomic E-state index is 12.3. The number of nitrogens with one attached hydrogen (secondary N) is 1. The van der Waals surface area contributed by atoms with E-state index in [-0.39, 0.29) is 12.5 Å². The highest BCUT2D eigenvalue weighted by Crippen LogP contribution is 2.23. The summed E-state index contributed by atoms with van der Waals surface area (Å²) in [4.78, 5) is 15.0. The molecule has 0 spiro atoms. The largest absolute Gasteiger partial charge is 0.419 e. The van der Waals surface area contributed by atoms with Gasteiger partial charge in [-0.2, -0.15) is 0 Å². The molecule has 2 heterocycles. The number of benzene rings is 1. The van der Waals surface area contributed by atoms with Crippen LogP contribution in [-0.4, -0.2) is 34.6 Å². The molecule has 1 N–H and O–H groups in total. The number of nitrogens with zero attached hydrogens (tertiary/aromatic N) is 3. The summed E-state index contributed by atoms with van der Waals surface area (Å²) < 4.78 is 5.65. The summed E-state index contributed by atoms with van der Waals surface area (Å²) in [5, 5.41) is 13.0. The van der Waals surface area contributed by atoms with E-state index >= 15 is 0 Å². The molecule has 0 bridgehead atoms. The number of hydrogen-bond donors (Lipinski definition) is 1. The summed E-state index contributed by atoms with van der Waals surface area (Å²) in [5.41, 5.74) is 3.07. The Hall–Kier alpha value is -2.51. The van der Waals surface area contributed by atoms with Crippen LogP contribution in [0.3, 0.4) is 0 Å². The van der Waals surface area contributed by atoms with E-state index < -0.39 is 0 Å². The molecule has 0 aliphatic carbocycles. The van der Waals surface area contributed by atoms with Gasteiger partial charge in [0.25, 0.3) is 5.89 Å². The molecule has 130 valence electrons. The van der Waals surface area contributed by atoms with Gasteiger partial charge in [0, 0.05) is 5.69 Å². The van der Waals surface area contributed by atoms with Crippen LogP contribution < -0.4 is 5.32 Å². The quantitative estimate of drug-likeness (QED) is 0.732. The van der Waals surface area contributed by atoms with Crippen LogP contribution in [0.25, 0.3) is 10.8 Å². The van der Waals surface area contributed by atoms with Gasteiger partial charge in [0.2, 0.25) is 11.8 Å². The zero-order chi connectivity index (χ0) is 17.8. The van der Waals surface area contributed by atoms with E-state index in [0.29, 0.717) is 18.3 Å². The van der Waals surface area contributed by atoms with E-state index in [1.165, 1.54) is 0 Å². The lowest BCUT2D eigenvalue weighted by atomic mass is 10.1. The van der Waals surface area contributed by atoms with Gasteiger partial charge in [0.15, 0.2) is 0 Å². The lowest BCUT2D eigenvalue weighted by molar-refractivity contribution is -0.117. The van der Waals surface area contributed by atoms with Gasteiger partial charge in [0.1, 0.15) is 0 Å². The van der Waals surface area contributed by atoms with E-state index in [1.54, 1.807) is 11.3 Å². The van der Waals surface area contributed by atoms with Gasteiger partial charge in [-0.15, -0.1) is 21.5 Å². The van der Waals surface area contributed by atoms with Gasteiger partial charge in [-0.05, 0) is 49.5 Å². The zero-order valence-corrected chi connectivity index (χ0v) is 15.3. The number of amides is 1. The minimum Gasteiger partial charge on any atom is -0.419 e. The predicted molar refractivity (Wildman–Crippen MR) is 98.5 cm³/mol. The molecule has 0 fully saturated rings. The van der Waals surface area contributed by atoms with Crippen molar-refractivity contribution in [2.75, 3.05) is 18.9 Å². The SMILES string of the molecule is Cc1cccc(NC(=O)CN(C)Cc2nnc(-c3cccs3)o2)c1C. The van der Waals surface area contributed by atoms with Crippen molar-refractivity contribution in [1.29, 1.82) is 0 Å². The fourth-order valence-electron chi connectivity index (χ4n) is 2.43. The van der Waals surface area contributed by atoms with Gasteiger partial charge < -0.3 is 9.73 Å². The third kappa shape index (κ3) is 4.32. The first-order valence-electron chi connectivity index (χ1n) is 7.94. The van der Waals surface area contributed by atoms with Crippen molar-refractivity contribution >= 4 is 22.9 Å². The van der Waals surface area contributed by atoms with Crippen LogP contribution in [-0.2, 0) is 11.3 Å². The summed E-state index contributed by atoms with van der Waals surface area (Å²) in [6.07, 6.45) is 0. The lowest BCUT2D eigenvalue weighted by Gasteiger charge is -2.15. The molecule has 1 aromatic carbocycles. The highest BCUT2D eigenvalue weighted by Gasteiger charge is 2.14. The topological polar surface area (TPSA) is 71.3 Å². The number of hydrogen-bond acceptors (Lipinski definition) is 6. The molecule has 2 aromatic heterocycles. The minimum atomic E-state index is -0.0748. The fourth-order valence-corrected chi connectivity index (χ4v) is 3.07. The van der Waals surface area contributed by atoms with Crippen LogP contribution in [0.5, 0.6) is 0 Å². The summed E-state index contributed by atoms with van der Waals surface area (Å²) >= 11 is 1.55. The Balaban J connectivity index is 1.56. The van der Waals surface area contributed by atoms with Crippen LogP contribution in [0.2, 0.25) is 0 Å². The van der Waals surface area contributed by atoms with Crippen molar-refractivity contribution in [1.82, 2.24) is 15.1 Å². The van der Waals surface area contributed by atoms with Gasteiger partial charge in [-0.1, -0.05) is 18.2 Å². The number of rotatable bonds is 6. The smallest absolute Gasteiger partial charge is 0.257 e. The molecule has 6 nitrogen and oxygen atoms in total. The highest BCUT2D eigenvalue weighted by molar-refractivity contribution is 7.13. The normalized spacial score (nSPS) is 11.0. The summed E-state index contributed by atoms with van der Waals surface area (Å²) in [7, 11) is 1.84. The maximum absolute atomic E-state index is 12.3. The second kappa shape index (κ2) is 7.58. The molecule has 7 heteroatoms. The van der Waals surface area contributed by atoms with Gasteiger partial charge in [0.05, 0.1) is 18.0 Å². The Morgan fingerprint density at radius 3 is 2.84 bits per heavy atom. The molecule has 0 aliphatic heterocycles. The van der Waals surface area contributed by atoms with Crippen LogP contribution in [0, 0.1) is 13.8 Å². The van der Waals surface area contributed by atoms with Crippen molar-refractivity contribution in [2.45, 2.75) is 20.4 Å². The standard InChI is InChI=1S/C18H20N4O2S/c1-12-6-4-7-14(13(12)2)19-16(23)10-22(3)11-17-20-21-18(24-17)15-8-5-9-25-15/h4-9H,10-11H2,1-3H3,(H,19,23). The average Bonchev–Trinajstić information content (AvgIpc) is 3.22. The highest BCUT2D eigenvalue weighted by atomic mass is 32.1. The predicted octanol–water partition coefficient (Wildman–Crippen LogP) is 3.49. The molecule has 0 atom stereocenters. The van der Waals surface area contributed by atoms with Gasteiger partial charge in [-0.25, -0.2) is 0 Å². The Morgan fingerprint density at radius 2 is 2.08 bits per heavy atom. The van der Waals surface area contributed by atoms with Crippen molar-refractivity contribution in [2.24, 2.45) is 0 Å². The fraction of sp³-hybridized carbons (Fsp3) is 0.278. The average molecular weight is 356 g/mol. The lowest BCUT2D eigenvalue weighted by Crippen LogP contribution is -2.30. The minimum absolute atomic E-state index is 0.0748. The molecule has 0 saturated heterocycles. The number of carbonyl (C=O) groups is 1. The van der Waals surface area contributed by atoms with Gasteiger partial charge >= 0.3 is 0 Å². The number of anilines is 1. The number of carbonyl (C=O) groups excluding carboxylic acids is 1. The number of likely N-dealkylation sites (N-methyl/N-ethyl adjacent to an activating group) is 1. The Labute approximate surface area is 150 Å². The van der Waals surface area contributed by atoms with Crippen molar-refractivity contribution in [3.05, 3.63) is 52.7 Å². The van der Waals surface area contributed by atoms with Crippen molar-refractivity contribution in [3.63, 3.8) is 0 Å². The molecule has 0 unspecified atom stereocenters. The Kier molecular flexibility index (Phi) is 5.25. The first-order chi connectivity index (χ1) is 12.0. The molecule has 3 aromatic rings. The number of thiophene rings is 1. The summed E-state index contributed by atoms with van der Waals surface area (Å²) in [6, 6.07) is 9.74. The molecule has 3 rings (SSSR count). The van der Waals surface area contributed by atoms with E-state index in [4.69, 9.17) is 4.42 Å². The molecule has 0 aliphatic rings. The summed E-state index contributed by atoms with van der Waals surface area (Å²) in [5.74, 6) is 0.929. The van der Waals surface area contributed by atoms with E-state index in [9.17, 15) is 4.79 Å². The Morgan fingerprint density at radius 1 is 1.24 bits per heavy atom. The molecular formula is C18H20N4O2S. The van der Waals surface area contributed by atoms with Gasteiger partial charge in [-0.3, -0.25) is 9.69 Å². The second-order valence-corrected chi connectivity index (χ2v) is 6.89. The number of aryl methyl sites for hydroxylation is 1. The first-order valence-corrected chi connectivity index (χ1v) is 8.82. The molecular weight excluding hydrogens is 336 g/mol. The number of aromatic nitrogens is 2. The van der Waals surface area contributed by atoms with Crippen molar-refractivity contribution in [3.8, 4) is 10.8 Å². The molecule has 0 saturated carbocycles. The van der Waals surface area contributed by atoms with Crippen LogP contribution >= 0.6 is 11.3 Å². The van der Waals surface area contributed by atoms with Crippen LogP contribution in [0.1, 0.15) is 17.0 Å². The van der Waals surface area contributed by atoms with E-state index in [2.05, 4.69) is 15.5 Å². The Bertz CT molecular complexity index is 858. The third-order valence-electron chi connectivity index (χ3n) is 3.90. The third-order valence-corrected chi connectivity index (χ3v) is 4.75. The molecule has 25 heavy (non-hydrogen) atoms. The monoisotopic (exact) mass is 356 g/mol. The van der Waals surface area contributed by atoms with Crippen LogP contribution in [0.4, 0.5) is 5.69 Å². The first kappa shape index (κ1) is 17.3. The second-order valence-electron chi connectivity index (χ2n) is 5.95. The van der Waals surface area contributed by atoms with E-state index in [1.807, 2.05) is 61.5 Å². The van der Waals surface area contributed by atoms with Crippen molar-refractivity contribution < 1.29 is 9.21 Å². The molecule has 0 radical (unpaired) electrons.